The van der Waals surface area contributed by atoms with E-state index in [4.69, 9.17) is 4.74 Å². The summed E-state index contributed by atoms with van der Waals surface area (Å²) >= 11 is 0. The van der Waals surface area contributed by atoms with E-state index in [0.717, 1.165) is 17.0 Å². The van der Waals surface area contributed by atoms with Gasteiger partial charge in [-0.1, -0.05) is 12.1 Å². The number of methoxy groups -OCH3 is 1. The molecule has 0 spiro atoms. The minimum atomic E-state index is -2.80. The third-order valence-corrected chi connectivity index (χ3v) is 3.08. The van der Waals surface area contributed by atoms with E-state index in [-0.39, 0.29) is 11.8 Å². The molecule has 0 heterocycles. The van der Waals surface area contributed by atoms with Crippen LogP contribution in [0.2, 0.25) is 0 Å². The molecular weight excluding hydrogens is 276 g/mol. The molecule has 0 fully saturated rings. The van der Waals surface area contributed by atoms with Crippen molar-refractivity contribution >= 4 is 5.69 Å². The van der Waals surface area contributed by atoms with Gasteiger partial charge in [-0.2, -0.15) is 8.78 Å². The Morgan fingerprint density at radius 3 is 2.00 bits per heavy atom. The quantitative estimate of drug-likeness (QED) is 0.852. The standard InChI is InChI=1S/C16H17F2NO2/c1-11(19-13-5-9-14(20-2)10-6-13)12-3-7-15(8-4-12)21-16(17)18/h3-11,16,19H,1-2H3. The molecule has 0 aliphatic rings. The van der Waals surface area contributed by atoms with E-state index < -0.39 is 6.61 Å². The van der Waals surface area contributed by atoms with Crippen LogP contribution in [0, 0.1) is 0 Å². The minimum Gasteiger partial charge on any atom is -0.497 e. The molecule has 1 N–H and O–H groups in total. The number of rotatable bonds is 6. The molecule has 0 radical (unpaired) electrons. The molecule has 0 aromatic heterocycles. The van der Waals surface area contributed by atoms with Gasteiger partial charge < -0.3 is 14.8 Å². The van der Waals surface area contributed by atoms with E-state index in [1.165, 1.54) is 12.1 Å². The van der Waals surface area contributed by atoms with Gasteiger partial charge in [0.05, 0.1) is 7.11 Å². The molecule has 0 aliphatic heterocycles. The Bertz CT molecular complexity index is 555. The van der Waals surface area contributed by atoms with Crippen molar-refractivity contribution < 1.29 is 18.3 Å². The van der Waals surface area contributed by atoms with Crippen molar-refractivity contribution in [1.82, 2.24) is 0 Å². The van der Waals surface area contributed by atoms with E-state index in [0.29, 0.717) is 0 Å². The number of halogens is 2. The molecule has 2 aromatic rings. The van der Waals surface area contributed by atoms with E-state index in [1.54, 1.807) is 19.2 Å². The second-order valence-electron chi connectivity index (χ2n) is 4.54. The van der Waals surface area contributed by atoms with Gasteiger partial charge in [0.2, 0.25) is 0 Å². The highest BCUT2D eigenvalue weighted by atomic mass is 19.3. The molecule has 21 heavy (non-hydrogen) atoms. The molecule has 5 heteroatoms. The normalized spacial score (nSPS) is 12.0. The summed E-state index contributed by atoms with van der Waals surface area (Å²) in [6, 6.07) is 14.2. The van der Waals surface area contributed by atoms with Gasteiger partial charge >= 0.3 is 6.61 Å². The Morgan fingerprint density at radius 1 is 0.905 bits per heavy atom. The molecule has 3 nitrogen and oxygen atoms in total. The zero-order chi connectivity index (χ0) is 15.2. The maximum atomic E-state index is 12.1. The Balaban J connectivity index is 2.00. The minimum absolute atomic E-state index is 0.0407. The van der Waals surface area contributed by atoms with Crippen LogP contribution in [0.1, 0.15) is 18.5 Å². The van der Waals surface area contributed by atoms with Gasteiger partial charge in [0.25, 0.3) is 0 Å². The van der Waals surface area contributed by atoms with Gasteiger partial charge in [-0.3, -0.25) is 0 Å². The van der Waals surface area contributed by atoms with Crippen molar-refractivity contribution in [2.75, 3.05) is 12.4 Å². The second-order valence-corrected chi connectivity index (χ2v) is 4.54. The molecule has 0 bridgehead atoms. The number of hydrogen-bond donors (Lipinski definition) is 1. The predicted molar refractivity (Wildman–Crippen MR) is 78.1 cm³/mol. The Labute approximate surface area is 122 Å². The maximum Gasteiger partial charge on any atom is 0.387 e. The first-order valence-corrected chi connectivity index (χ1v) is 6.54. The van der Waals surface area contributed by atoms with Crippen molar-refractivity contribution in [2.45, 2.75) is 19.6 Å². The highest BCUT2D eigenvalue weighted by Crippen LogP contribution is 2.23. The third kappa shape index (κ3) is 4.34. The zero-order valence-electron chi connectivity index (χ0n) is 11.8. The van der Waals surface area contributed by atoms with E-state index >= 15 is 0 Å². The van der Waals surface area contributed by atoms with Crippen LogP contribution in [0.25, 0.3) is 0 Å². The molecule has 112 valence electrons. The van der Waals surface area contributed by atoms with Crippen molar-refractivity contribution in [1.29, 1.82) is 0 Å². The van der Waals surface area contributed by atoms with Crippen LogP contribution in [-0.4, -0.2) is 13.7 Å². The van der Waals surface area contributed by atoms with E-state index in [1.807, 2.05) is 31.2 Å². The molecular formula is C16H17F2NO2. The van der Waals surface area contributed by atoms with Gasteiger partial charge in [0.15, 0.2) is 0 Å². The number of ether oxygens (including phenoxy) is 2. The van der Waals surface area contributed by atoms with Gasteiger partial charge in [0.1, 0.15) is 11.5 Å². The molecule has 2 aromatic carbocycles. The summed E-state index contributed by atoms with van der Waals surface area (Å²) in [6.07, 6.45) is 0. The first-order valence-electron chi connectivity index (χ1n) is 6.54. The lowest BCUT2D eigenvalue weighted by atomic mass is 10.1. The fraction of sp³-hybridized carbons (Fsp3) is 0.250. The maximum absolute atomic E-state index is 12.1. The van der Waals surface area contributed by atoms with Crippen LogP contribution >= 0.6 is 0 Å². The largest absolute Gasteiger partial charge is 0.497 e. The fourth-order valence-electron chi connectivity index (χ4n) is 1.96. The number of anilines is 1. The Kier molecular flexibility index (Phi) is 4.98. The predicted octanol–water partition coefficient (Wildman–Crippen LogP) is 4.47. The molecule has 0 aliphatic carbocycles. The lowest BCUT2D eigenvalue weighted by molar-refractivity contribution is -0.0498. The smallest absolute Gasteiger partial charge is 0.387 e. The summed E-state index contributed by atoms with van der Waals surface area (Å²) in [6.45, 7) is -0.807. The average Bonchev–Trinajstić information content (AvgIpc) is 2.48. The topological polar surface area (TPSA) is 30.5 Å². The summed E-state index contributed by atoms with van der Waals surface area (Å²) in [4.78, 5) is 0. The van der Waals surface area contributed by atoms with Crippen molar-refractivity contribution in [3.05, 3.63) is 54.1 Å². The van der Waals surface area contributed by atoms with Crippen LogP contribution in [0.5, 0.6) is 11.5 Å². The first-order chi connectivity index (χ1) is 10.1. The van der Waals surface area contributed by atoms with Gasteiger partial charge in [-0.05, 0) is 48.9 Å². The van der Waals surface area contributed by atoms with Crippen LogP contribution < -0.4 is 14.8 Å². The SMILES string of the molecule is COc1ccc(NC(C)c2ccc(OC(F)F)cc2)cc1. The van der Waals surface area contributed by atoms with E-state index in [2.05, 4.69) is 10.1 Å². The first kappa shape index (κ1) is 15.1. The summed E-state index contributed by atoms with van der Waals surface area (Å²) in [7, 11) is 1.62. The van der Waals surface area contributed by atoms with Gasteiger partial charge in [0, 0.05) is 11.7 Å². The molecule has 0 saturated carbocycles. The summed E-state index contributed by atoms with van der Waals surface area (Å²) < 4.78 is 33.6. The Morgan fingerprint density at radius 2 is 1.48 bits per heavy atom. The number of nitrogens with one attached hydrogen (secondary N) is 1. The van der Waals surface area contributed by atoms with Crippen LogP contribution in [0.3, 0.4) is 0 Å². The van der Waals surface area contributed by atoms with E-state index in [9.17, 15) is 8.78 Å². The lowest BCUT2D eigenvalue weighted by Gasteiger charge is -2.16. The number of alkyl halides is 2. The monoisotopic (exact) mass is 293 g/mol. The average molecular weight is 293 g/mol. The van der Waals surface area contributed by atoms with Crippen molar-refractivity contribution in [2.24, 2.45) is 0 Å². The van der Waals surface area contributed by atoms with Crippen LogP contribution in [-0.2, 0) is 0 Å². The summed E-state index contributed by atoms with van der Waals surface area (Å²) in [5, 5.41) is 3.33. The number of benzene rings is 2. The van der Waals surface area contributed by atoms with Gasteiger partial charge in [-0.25, -0.2) is 0 Å². The lowest BCUT2D eigenvalue weighted by Crippen LogP contribution is -2.07. The summed E-state index contributed by atoms with van der Waals surface area (Å²) in [5.74, 6) is 0.951. The fourth-order valence-corrected chi connectivity index (χ4v) is 1.96. The number of hydrogen-bond acceptors (Lipinski definition) is 3. The van der Waals surface area contributed by atoms with Crippen molar-refractivity contribution in [3.63, 3.8) is 0 Å². The van der Waals surface area contributed by atoms with Crippen LogP contribution in [0.4, 0.5) is 14.5 Å². The molecule has 0 saturated heterocycles. The molecule has 1 unspecified atom stereocenters. The third-order valence-electron chi connectivity index (χ3n) is 3.08. The molecule has 1 atom stereocenters. The second kappa shape index (κ2) is 6.92. The molecule has 0 amide bonds. The summed E-state index contributed by atoms with van der Waals surface area (Å²) in [5.41, 5.74) is 1.93. The van der Waals surface area contributed by atoms with Crippen LogP contribution in [0.15, 0.2) is 48.5 Å². The molecule has 2 rings (SSSR count). The van der Waals surface area contributed by atoms with Gasteiger partial charge in [-0.15, -0.1) is 0 Å². The highest BCUT2D eigenvalue weighted by molar-refractivity contribution is 5.48. The Hall–Kier alpha value is -2.30. The van der Waals surface area contributed by atoms with Crippen molar-refractivity contribution in [3.8, 4) is 11.5 Å². The zero-order valence-corrected chi connectivity index (χ0v) is 11.8. The highest BCUT2D eigenvalue weighted by Gasteiger charge is 2.08.